The van der Waals surface area contributed by atoms with Crippen molar-refractivity contribution in [2.45, 2.75) is 388 Å². The van der Waals surface area contributed by atoms with Crippen LogP contribution < -0.4 is 0 Å². The molecule has 0 spiro atoms. The van der Waals surface area contributed by atoms with Crippen LogP contribution in [0, 0.1) is 17.8 Å². The molecule has 3 N–H and O–H groups in total. The first-order valence-electron chi connectivity index (χ1n) is 39.2. The van der Waals surface area contributed by atoms with E-state index in [2.05, 4.69) is 72.8 Å². The maximum atomic E-state index is 13.1. The lowest BCUT2D eigenvalue weighted by Crippen LogP contribution is -2.30. The van der Waals surface area contributed by atoms with E-state index in [1.165, 1.54) is 161 Å². The highest BCUT2D eigenvalue weighted by Gasteiger charge is 2.30. The Morgan fingerprint density at radius 2 is 0.615 bits per heavy atom. The molecule has 0 aliphatic carbocycles. The third-order valence-electron chi connectivity index (χ3n) is 17.6. The van der Waals surface area contributed by atoms with E-state index in [9.17, 15) is 43.2 Å². The Balaban J connectivity index is 5.31. The van der Waals surface area contributed by atoms with E-state index in [1.54, 1.807) is 0 Å². The van der Waals surface area contributed by atoms with Gasteiger partial charge < -0.3 is 33.8 Å². The number of carbonyl (C=O) groups is 4. The van der Waals surface area contributed by atoms with E-state index in [0.29, 0.717) is 25.7 Å². The summed E-state index contributed by atoms with van der Waals surface area (Å²) in [6.45, 7) is 11.8. The molecule has 0 amide bonds. The summed E-state index contributed by atoms with van der Waals surface area (Å²) in [6, 6.07) is 0. The van der Waals surface area contributed by atoms with Crippen LogP contribution in [0.25, 0.3) is 0 Å². The van der Waals surface area contributed by atoms with Crippen LogP contribution in [0.2, 0.25) is 0 Å². The summed E-state index contributed by atoms with van der Waals surface area (Å²) in [4.78, 5) is 72.9. The van der Waals surface area contributed by atoms with Gasteiger partial charge in [-0.2, -0.15) is 0 Å². The van der Waals surface area contributed by atoms with Gasteiger partial charge in [0.1, 0.15) is 19.3 Å². The summed E-state index contributed by atoms with van der Waals surface area (Å²) in [5, 5.41) is 10.6. The minimum absolute atomic E-state index is 0.1000. The molecule has 0 radical (unpaired) electrons. The molecule has 3 unspecified atom stereocenters. The molecule has 0 rings (SSSR count). The van der Waals surface area contributed by atoms with Crippen LogP contribution in [0.5, 0.6) is 0 Å². The number of hydrogen-bond acceptors (Lipinski definition) is 15. The third kappa shape index (κ3) is 68.7. The predicted molar refractivity (Wildman–Crippen MR) is 390 cm³/mol. The summed E-state index contributed by atoms with van der Waals surface area (Å²) in [7, 11) is -9.93. The van der Waals surface area contributed by atoms with Gasteiger partial charge in [-0.1, -0.05) is 317 Å². The normalized spacial score (nSPS) is 14.5. The number of carbonyl (C=O) groups excluding carboxylic acids is 4. The molecule has 17 nitrogen and oxygen atoms in total. The second-order valence-corrected chi connectivity index (χ2v) is 31.2. The Kier molecular flexibility index (Phi) is 65.3. The summed E-state index contributed by atoms with van der Waals surface area (Å²) in [6.07, 6.45) is 56.2. The average Bonchev–Trinajstić information content (AvgIpc) is 2.20. The molecule has 566 valence electrons. The number of hydrogen-bond donors (Lipinski definition) is 3. The predicted octanol–water partition coefficient (Wildman–Crippen LogP) is 22.1. The zero-order chi connectivity index (χ0) is 70.9. The molecule has 0 aliphatic rings. The molecule has 0 aromatic heterocycles. The van der Waals surface area contributed by atoms with Gasteiger partial charge >= 0.3 is 39.5 Å². The molecule has 0 bridgehead atoms. The lowest BCUT2D eigenvalue weighted by Gasteiger charge is -2.21. The Labute approximate surface area is 586 Å². The van der Waals surface area contributed by atoms with Crippen molar-refractivity contribution in [3.63, 3.8) is 0 Å². The fourth-order valence-electron chi connectivity index (χ4n) is 11.2. The van der Waals surface area contributed by atoms with Crippen LogP contribution in [0.4, 0.5) is 0 Å². The van der Waals surface area contributed by atoms with E-state index in [0.717, 1.165) is 127 Å². The fourth-order valence-corrected chi connectivity index (χ4v) is 12.8. The molecule has 0 aromatic rings. The quantitative estimate of drug-likeness (QED) is 0.0169. The number of rotatable bonds is 73. The average molecular weight is 1410 g/mol. The van der Waals surface area contributed by atoms with E-state index in [-0.39, 0.29) is 25.7 Å². The van der Waals surface area contributed by atoms with Gasteiger partial charge in [0, 0.05) is 25.7 Å². The molecule has 96 heavy (non-hydrogen) atoms. The number of aliphatic hydroxyl groups excluding tert-OH is 1. The van der Waals surface area contributed by atoms with E-state index in [1.807, 2.05) is 0 Å². The Bertz CT molecular complexity index is 1970. The van der Waals surface area contributed by atoms with Gasteiger partial charge in [0.05, 0.1) is 26.4 Å². The lowest BCUT2D eigenvalue weighted by atomic mass is 9.99. The number of unbranched alkanes of at least 4 members (excludes halogenated alkanes) is 37. The van der Waals surface area contributed by atoms with Gasteiger partial charge in [-0.15, -0.1) is 0 Å². The molecule has 0 aliphatic heterocycles. The van der Waals surface area contributed by atoms with E-state index < -0.39 is 97.5 Å². The van der Waals surface area contributed by atoms with Crippen molar-refractivity contribution in [2.75, 3.05) is 39.6 Å². The number of phosphoric acid groups is 2. The molecule has 0 heterocycles. The number of esters is 4. The second-order valence-electron chi connectivity index (χ2n) is 28.3. The van der Waals surface area contributed by atoms with E-state index >= 15 is 0 Å². The van der Waals surface area contributed by atoms with Crippen molar-refractivity contribution in [1.29, 1.82) is 0 Å². The third-order valence-corrected chi connectivity index (χ3v) is 19.5. The Morgan fingerprint density at radius 3 is 0.927 bits per heavy atom. The first-order valence-corrected chi connectivity index (χ1v) is 42.2. The zero-order valence-electron chi connectivity index (χ0n) is 62.3. The van der Waals surface area contributed by atoms with Crippen molar-refractivity contribution in [3.05, 3.63) is 24.3 Å². The van der Waals surface area contributed by atoms with Gasteiger partial charge in [0.15, 0.2) is 12.2 Å². The van der Waals surface area contributed by atoms with Crippen molar-refractivity contribution in [2.24, 2.45) is 17.8 Å². The second kappa shape index (κ2) is 67.1. The molecule has 19 heteroatoms. The first-order chi connectivity index (χ1) is 46.3. The maximum Gasteiger partial charge on any atom is 0.472 e. The molecule has 0 fully saturated rings. The summed E-state index contributed by atoms with van der Waals surface area (Å²) < 4.78 is 68.5. The first kappa shape index (κ1) is 93.5. The number of aliphatic hydroxyl groups is 1. The van der Waals surface area contributed by atoms with Crippen LogP contribution in [-0.4, -0.2) is 96.7 Å². The molecule has 0 aromatic carbocycles. The van der Waals surface area contributed by atoms with Gasteiger partial charge in [-0.05, 0) is 69.1 Å². The van der Waals surface area contributed by atoms with Gasteiger partial charge in [-0.3, -0.25) is 37.3 Å². The number of ether oxygens (including phenoxy) is 4. The zero-order valence-corrected chi connectivity index (χ0v) is 64.1. The minimum Gasteiger partial charge on any atom is -0.462 e. The van der Waals surface area contributed by atoms with Crippen molar-refractivity contribution in [3.8, 4) is 0 Å². The van der Waals surface area contributed by atoms with Crippen molar-refractivity contribution >= 4 is 39.5 Å². The maximum absolute atomic E-state index is 13.1. The van der Waals surface area contributed by atoms with Gasteiger partial charge in [-0.25, -0.2) is 9.13 Å². The highest BCUT2D eigenvalue weighted by atomic mass is 31.2. The van der Waals surface area contributed by atoms with E-state index in [4.69, 9.17) is 37.0 Å². The smallest absolute Gasteiger partial charge is 0.462 e. The fraction of sp³-hybridized carbons (Fsp3) is 0.896. The molecular weight excluding hydrogens is 1260 g/mol. The summed E-state index contributed by atoms with van der Waals surface area (Å²) in [5.74, 6) is 0.164. The highest BCUT2D eigenvalue weighted by Crippen LogP contribution is 2.45. The van der Waals surface area contributed by atoms with Crippen LogP contribution in [-0.2, 0) is 65.4 Å². The topological polar surface area (TPSA) is 237 Å². The molecular formula is C77H146O17P2. The Hall–Kier alpha value is -2.46. The molecule has 6 atom stereocenters. The van der Waals surface area contributed by atoms with Gasteiger partial charge in [0.2, 0.25) is 0 Å². The highest BCUT2D eigenvalue weighted by molar-refractivity contribution is 7.47. The number of phosphoric ester groups is 2. The van der Waals surface area contributed by atoms with Crippen molar-refractivity contribution in [1.82, 2.24) is 0 Å². The standard InChI is InChI=1S/C77H146O17P2/c1-8-10-11-12-13-14-15-16-17-20-23-29-37-44-51-58-74(79)87-64-72(93-76(81)60-53-46-39-30-24-21-18-19-22-27-34-41-48-55-68(3)4)66-91-95(83,84)89-62-71(78)63-90-96(85,86)92-67-73(65-88-75(80)59-52-45-38-33-32-36-43-50-57-70(7)9-2)94-77(82)61-54-47-40-31-26-25-28-35-42-49-56-69(5)6/h14-17,68-73,78H,8-13,18-67H2,1-7H3,(H,83,84)(H,85,86)/b15-14-,17-16-/t70?,71-,72-,73-/m1/s1. The van der Waals surface area contributed by atoms with Crippen LogP contribution in [0.3, 0.4) is 0 Å². The number of allylic oxidation sites excluding steroid dienone is 4. The molecule has 0 saturated heterocycles. The largest absolute Gasteiger partial charge is 0.472 e. The minimum atomic E-state index is -4.97. The van der Waals surface area contributed by atoms with Crippen molar-refractivity contribution < 1.29 is 80.2 Å². The van der Waals surface area contributed by atoms with Crippen LogP contribution in [0.1, 0.15) is 370 Å². The summed E-state index contributed by atoms with van der Waals surface area (Å²) in [5.41, 5.74) is 0. The lowest BCUT2D eigenvalue weighted by molar-refractivity contribution is -0.161. The SMILES string of the molecule is CCCCCC/C=C\C=C/CCCCCCCC(=O)OC[C@H](COP(=O)(O)OC[C@@H](O)COP(=O)(O)OC[C@@H](COC(=O)CCCCCCCCCCC(C)CC)OC(=O)CCCCCCCCCCCCC(C)C)OC(=O)CCCCCCCCCCCCCCCC(C)C. The van der Waals surface area contributed by atoms with Crippen LogP contribution in [0.15, 0.2) is 24.3 Å². The summed E-state index contributed by atoms with van der Waals surface area (Å²) >= 11 is 0. The monoisotopic (exact) mass is 1410 g/mol. The van der Waals surface area contributed by atoms with Crippen LogP contribution >= 0.6 is 15.6 Å². The Morgan fingerprint density at radius 1 is 0.344 bits per heavy atom. The van der Waals surface area contributed by atoms with Gasteiger partial charge in [0.25, 0.3) is 0 Å². The molecule has 0 saturated carbocycles.